The molecule has 0 aromatic heterocycles. The molecule has 1 aliphatic carbocycles. The standard InChI is InChI=1S/C14H19NO/c15-14(16)10-13(12-8-4-5-9-12)11-6-2-1-3-7-11/h1-3,6-7,12-13H,4-5,8-10H2,(H2,15,16). The van der Waals surface area contributed by atoms with Gasteiger partial charge in [0.25, 0.3) is 0 Å². The number of carbonyl (C=O) groups excluding carboxylic acids is 1. The highest BCUT2D eigenvalue weighted by atomic mass is 16.1. The lowest BCUT2D eigenvalue weighted by Crippen LogP contribution is -2.19. The molecule has 1 aromatic carbocycles. The lowest BCUT2D eigenvalue weighted by Gasteiger charge is -2.22. The summed E-state index contributed by atoms with van der Waals surface area (Å²) < 4.78 is 0. The molecule has 2 rings (SSSR count). The smallest absolute Gasteiger partial charge is 0.218 e. The Bertz CT molecular complexity index is 341. The normalized spacial score (nSPS) is 18.5. The monoisotopic (exact) mass is 217 g/mol. The van der Waals surface area contributed by atoms with E-state index >= 15 is 0 Å². The van der Waals surface area contributed by atoms with Gasteiger partial charge in [0.2, 0.25) is 5.91 Å². The third-order valence-electron chi connectivity index (χ3n) is 3.62. The molecule has 2 N–H and O–H groups in total. The molecule has 0 spiro atoms. The first kappa shape index (κ1) is 11.2. The second kappa shape index (κ2) is 5.15. The van der Waals surface area contributed by atoms with Gasteiger partial charge in [0.05, 0.1) is 0 Å². The zero-order valence-corrected chi connectivity index (χ0v) is 9.56. The number of benzene rings is 1. The van der Waals surface area contributed by atoms with Gasteiger partial charge in [-0.05, 0) is 30.2 Å². The van der Waals surface area contributed by atoms with Gasteiger partial charge in [-0.1, -0.05) is 43.2 Å². The Morgan fingerprint density at radius 1 is 1.25 bits per heavy atom. The predicted octanol–water partition coefficient (Wildman–Crippen LogP) is 2.84. The number of amides is 1. The highest BCUT2D eigenvalue weighted by molar-refractivity contribution is 5.74. The molecule has 1 aromatic rings. The Labute approximate surface area is 96.8 Å². The van der Waals surface area contributed by atoms with E-state index in [1.807, 2.05) is 18.2 Å². The number of hydrogen-bond acceptors (Lipinski definition) is 1. The van der Waals surface area contributed by atoms with Crippen molar-refractivity contribution in [3.05, 3.63) is 35.9 Å². The third kappa shape index (κ3) is 2.63. The zero-order chi connectivity index (χ0) is 11.4. The molecule has 1 amide bonds. The average molecular weight is 217 g/mol. The second-order valence-corrected chi connectivity index (χ2v) is 4.73. The van der Waals surface area contributed by atoms with Crippen molar-refractivity contribution in [3.63, 3.8) is 0 Å². The van der Waals surface area contributed by atoms with Gasteiger partial charge < -0.3 is 5.73 Å². The summed E-state index contributed by atoms with van der Waals surface area (Å²) in [6.45, 7) is 0. The van der Waals surface area contributed by atoms with Gasteiger partial charge in [0.1, 0.15) is 0 Å². The SMILES string of the molecule is NC(=O)CC(c1ccccc1)C1CCCC1. The summed E-state index contributed by atoms with van der Waals surface area (Å²) in [5.74, 6) is 0.803. The fourth-order valence-electron chi connectivity index (χ4n) is 2.83. The van der Waals surface area contributed by atoms with Crippen molar-refractivity contribution in [2.24, 2.45) is 11.7 Å². The number of hydrogen-bond donors (Lipinski definition) is 1. The molecule has 1 atom stereocenters. The summed E-state index contributed by atoms with van der Waals surface area (Å²) in [4.78, 5) is 11.2. The fourth-order valence-corrected chi connectivity index (χ4v) is 2.83. The maximum absolute atomic E-state index is 11.2. The molecule has 16 heavy (non-hydrogen) atoms. The summed E-state index contributed by atoms with van der Waals surface area (Å²) >= 11 is 0. The molecule has 1 fully saturated rings. The van der Waals surface area contributed by atoms with E-state index in [2.05, 4.69) is 12.1 Å². The minimum absolute atomic E-state index is 0.180. The van der Waals surface area contributed by atoms with Crippen molar-refractivity contribution in [2.75, 3.05) is 0 Å². The van der Waals surface area contributed by atoms with Crippen LogP contribution in [-0.2, 0) is 4.79 Å². The van der Waals surface area contributed by atoms with Gasteiger partial charge in [-0.15, -0.1) is 0 Å². The summed E-state index contributed by atoms with van der Waals surface area (Å²) in [5.41, 5.74) is 6.63. The summed E-state index contributed by atoms with van der Waals surface area (Å²) in [6.07, 6.45) is 5.58. The highest BCUT2D eigenvalue weighted by Gasteiger charge is 2.27. The molecule has 0 radical (unpaired) electrons. The molecule has 2 nitrogen and oxygen atoms in total. The van der Waals surface area contributed by atoms with Gasteiger partial charge in [-0.3, -0.25) is 4.79 Å². The minimum Gasteiger partial charge on any atom is -0.370 e. The van der Waals surface area contributed by atoms with Crippen LogP contribution in [-0.4, -0.2) is 5.91 Å². The van der Waals surface area contributed by atoms with E-state index in [0.29, 0.717) is 18.3 Å². The molecule has 0 bridgehead atoms. The van der Waals surface area contributed by atoms with Crippen LogP contribution in [0.25, 0.3) is 0 Å². The van der Waals surface area contributed by atoms with E-state index in [4.69, 9.17) is 5.73 Å². The first-order chi connectivity index (χ1) is 7.77. The Hall–Kier alpha value is -1.31. The zero-order valence-electron chi connectivity index (χ0n) is 9.56. The van der Waals surface area contributed by atoms with Crippen LogP contribution in [0.1, 0.15) is 43.6 Å². The molecular formula is C14H19NO. The van der Waals surface area contributed by atoms with Crippen molar-refractivity contribution in [3.8, 4) is 0 Å². The highest BCUT2D eigenvalue weighted by Crippen LogP contribution is 2.39. The maximum Gasteiger partial charge on any atom is 0.218 e. The van der Waals surface area contributed by atoms with Crippen molar-refractivity contribution in [2.45, 2.75) is 38.0 Å². The molecular weight excluding hydrogens is 198 g/mol. The molecule has 1 unspecified atom stereocenters. The maximum atomic E-state index is 11.2. The van der Waals surface area contributed by atoms with Crippen LogP contribution in [0.5, 0.6) is 0 Å². The van der Waals surface area contributed by atoms with Crippen molar-refractivity contribution >= 4 is 5.91 Å². The number of nitrogens with two attached hydrogens (primary N) is 1. The quantitative estimate of drug-likeness (QED) is 0.828. The molecule has 86 valence electrons. The molecule has 2 heteroatoms. The fraction of sp³-hybridized carbons (Fsp3) is 0.500. The molecule has 0 heterocycles. The van der Waals surface area contributed by atoms with Crippen LogP contribution >= 0.6 is 0 Å². The molecule has 0 aliphatic heterocycles. The van der Waals surface area contributed by atoms with Crippen LogP contribution < -0.4 is 5.73 Å². The van der Waals surface area contributed by atoms with E-state index in [1.54, 1.807) is 0 Å². The second-order valence-electron chi connectivity index (χ2n) is 4.73. The molecule has 1 aliphatic rings. The van der Waals surface area contributed by atoms with Crippen LogP contribution in [0.3, 0.4) is 0 Å². The lowest BCUT2D eigenvalue weighted by atomic mass is 9.82. The average Bonchev–Trinajstić information content (AvgIpc) is 2.80. The van der Waals surface area contributed by atoms with Crippen LogP contribution in [0.4, 0.5) is 0 Å². The van der Waals surface area contributed by atoms with Crippen LogP contribution in [0, 0.1) is 5.92 Å². The Balaban J connectivity index is 2.16. The predicted molar refractivity (Wildman–Crippen MR) is 65.0 cm³/mol. The Morgan fingerprint density at radius 2 is 1.88 bits per heavy atom. The van der Waals surface area contributed by atoms with Crippen LogP contribution in [0.2, 0.25) is 0 Å². The van der Waals surface area contributed by atoms with Crippen molar-refractivity contribution in [1.29, 1.82) is 0 Å². The molecule has 1 saturated carbocycles. The van der Waals surface area contributed by atoms with E-state index in [1.165, 1.54) is 31.2 Å². The van der Waals surface area contributed by atoms with Gasteiger partial charge >= 0.3 is 0 Å². The van der Waals surface area contributed by atoms with Gasteiger partial charge in [0, 0.05) is 6.42 Å². The Morgan fingerprint density at radius 3 is 2.44 bits per heavy atom. The number of rotatable bonds is 4. The van der Waals surface area contributed by atoms with E-state index in [9.17, 15) is 4.79 Å². The first-order valence-electron chi connectivity index (χ1n) is 6.10. The number of carbonyl (C=O) groups is 1. The lowest BCUT2D eigenvalue weighted by molar-refractivity contribution is -0.118. The largest absolute Gasteiger partial charge is 0.370 e. The first-order valence-corrected chi connectivity index (χ1v) is 6.10. The summed E-state index contributed by atoms with van der Waals surface area (Å²) in [5, 5.41) is 0. The van der Waals surface area contributed by atoms with E-state index in [0.717, 1.165) is 0 Å². The van der Waals surface area contributed by atoms with Crippen molar-refractivity contribution < 1.29 is 4.79 Å². The van der Waals surface area contributed by atoms with Crippen LogP contribution in [0.15, 0.2) is 30.3 Å². The Kier molecular flexibility index (Phi) is 3.60. The van der Waals surface area contributed by atoms with Crippen molar-refractivity contribution in [1.82, 2.24) is 0 Å². The minimum atomic E-state index is -0.180. The van der Waals surface area contributed by atoms with Gasteiger partial charge in [-0.2, -0.15) is 0 Å². The topological polar surface area (TPSA) is 43.1 Å². The third-order valence-corrected chi connectivity index (χ3v) is 3.62. The summed E-state index contributed by atoms with van der Waals surface area (Å²) in [6, 6.07) is 10.3. The van der Waals surface area contributed by atoms with Gasteiger partial charge in [0.15, 0.2) is 0 Å². The van der Waals surface area contributed by atoms with Gasteiger partial charge in [-0.25, -0.2) is 0 Å². The summed E-state index contributed by atoms with van der Waals surface area (Å²) in [7, 11) is 0. The molecule has 0 saturated heterocycles. The van der Waals surface area contributed by atoms with E-state index in [-0.39, 0.29) is 5.91 Å². The van der Waals surface area contributed by atoms with E-state index < -0.39 is 0 Å². The number of primary amides is 1.